The Hall–Kier alpha value is -0.570. The largest absolute Gasteiger partial charge is 0.388 e. The van der Waals surface area contributed by atoms with Crippen molar-refractivity contribution in [2.75, 3.05) is 13.2 Å². The molecule has 0 aromatic rings. The van der Waals surface area contributed by atoms with E-state index in [9.17, 15) is 0 Å². The van der Waals surface area contributed by atoms with Crippen LogP contribution in [0.3, 0.4) is 0 Å². The summed E-state index contributed by atoms with van der Waals surface area (Å²) in [4.78, 5) is 0. The highest BCUT2D eigenvalue weighted by atomic mass is 16.5. The second-order valence-corrected chi connectivity index (χ2v) is 3.63. The number of nitrogens with one attached hydrogen (secondary N) is 1. The van der Waals surface area contributed by atoms with Gasteiger partial charge in [-0.05, 0) is 18.3 Å². The van der Waals surface area contributed by atoms with Gasteiger partial charge in [0.15, 0.2) is 0 Å². The van der Waals surface area contributed by atoms with Gasteiger partial charge in [0.25, 0.3) is 0 Å². The van der Waals surface area contributed by atoms with Crippen LogP contribution in [-0.4, -0.2) is 19.0 Å². The molecular formula is C8H16N2O. The maximum absolute atomic E-state index is 7.19. The first-order chi connectivity index (χ1) is 5.12. The molecule has 1 aliphatic heterocycles. The van der Waals surface area contributed by atoms with Gasteiger partial charge >= 0.3 is 0 Å². The molecule has 0 aromatic heterocycles. The molecule has 3 nitrogen and oxygen atoms in total. The minimum Gasteiger partial charge on any atom is -0.388 e. The van der Waals surface area contributed by atoms with Gasteiger partial charge < -0.3 is 10.5 Å². The van der Waals surface area contributed by atoms with Crippen molar-refractivity contribution >= 4 is 5.84 Å². The third-order valence-electron chi connectivity index (χ3n) is 2.32. The normalized spacial score (nSPS) is 23.0. The SMILES string of the molecule is CC1(CC(=N)N)CCOCC1. The van der Waals surface area contributed by atoms with Gasteiger partial charge in [0, 0.05) is 19.6 Å². The summed E-state index contributed by atoms with van der Waals surface area (Å²) in [7, 11) is 0. The molecule has 1 fully saturated rings. The summed E-state index contributed by atoms with van der Waals surface area (Å²) in [6.45, 7) is 3.82. The molecular weight excluding hydrogens is 140 g/mol. The lowest BCUT2D eigenvalue weighted by Crippen LogP contribution is -2.31. The molecule has 0 spiro atoms. The van der Waals surface area contributed by atoms with E-state index in [4.69, 9.17) is 15.9 Å². The zero-order valence-electron chi connectivity index (χ0n) is 7.02. The van der Waals surface area contributed by atoms with Crippen molar-refractivity contribution in [3.05, 3.63) is 0 Å². The van der Waals surface area contributed by atoms with E-state index in [-0.39, 0.29) is 5.41 Å². The van der Waals surface area contributed by atoms with E-state index >= 15 is 0 Å². The minimum absolute atomic E-state index is 0.226. The predicted molar refractivity (Wildman–Crippen MR) is 44.7 cm³/mol. The van der Waals surface area contributed by atoms with Crippen molar-refractivity contribution in [1.82, 2.24) is 0 Å². The molecule has 0 bridgehead atoms. The zero-order valence-corrected chi connectivity index (χ0v) is 7.02. The van der Waals surface area contributed by atoms with Gasteiger partial charge in [0.2, 0.25) is 0 Å². The summed E-state index contributed by atoms with van der Waals surface area (Å²) in [5, 5.41) is 7.19. The molecule has 1 saturated heterocycles. The molecule has 1 aliphatic rings. The molecule has 0 amide bonds. The Labute approximate surface area is 67.4 Å². The molecule has 3 heteroatoms. The molecule has 64 valence electrons. The second kappa shape index (κ2) is 3.22. The number of amidine groups is 1. The lowest BCUT2D eigenvalue weighted by molar-refractivity contribution is 0.0271. The van der Waals surface area contributed by atoms with E-state index in [0.717, 1.165) is 32.5 Å². The molecule has 0 radical (unpaired) electrons. The summed E-state index contributed by atoms with van der Waals surface area (Å²) in [6, 6.07) is 0. The lowest BCUT2D eigenvalue weighted by Gasteiger charge is -2.32. The van der Waals surface area contributed by atoms with Crippen molar-refractivity contribution in [2.24, 2.45) is 11.1 Å². The van der Waals surface area contributed by atoms with Crippen LogP contribution in [0.1, 0.15) is 26.2 Å². The summed E-state index contributed by atoms with van der Waals surface area (Å²) in [6.07, 6.45) is 2.79. The fraction of sp³-hybridized carbons (Fsp3) is 0.875. The summed E-state index contributed by atoms with van der Waals surface area (Å²) >= 11 is 0. The van der Waals surface area contributed by atoms with Crippen LogP contribution in [0, 0.1) is 10.8 Å². The third-order valence-corrected chi connectivity index (χ3v) is 2.32. The Morgan fingerprint density at radius 1 is 1.55 bits per heavy atom. The maximum atomic E-state index is 7.19. The van der Waals surface area contributed by atoms with E-state index in [1.54, 1.807) is 0 Å². The molecule has 3 N–H and O–H groups in total. The van der Waals surface area contributed by atoms with E-state index < -0.39 is 0 Å². The molecule has 0 saturated carbocycles. The van der Waals surface area contributed by atoms with Crippen molar-refractivity contribution < 1.29 is 4.74 Å². The van der Waals surface area contributed by atoms with Gasteiger partial charge in [0.05, 0.1) is 5.84 Å². The topological polar surface area (TPSA) is 59.1 Å². The van der Waals surface area contributed by atoms with Gasteiger partial charge in [-0.25, -0.2) is 0 Å². The molecule has 0 atom stereocenters. The average molecular weight is 156 g/mol. The minimum atomic E-state index is 0.226. The summed E-state index contributed by atoms with van der Waals surface area (Å²) in [5.41, 5.74) is 5.58. The van der Waals surface area contributed by atoms with Crippen LogP contribution in [0.15, 0.2) is 0 Å². The van der Waals surface area contributed by atoms with Gasteiger partial charge in [-0.1, -0.05) is 6.92 Å². The number of hydrogen-bond acceptors (Lipinski definition) is 2. The van der Waals surface area contributed by atoms with Crippen molar-refractivity contribution in [2.45, 2.75) is 26.2 Å². The Kier molecular flexibility index (Phi) is 2.49. The summed E-state index contributed by atoms with van der Waals surface area (Å²) < 4.78 is 5.24. The van der Waals surface area contributed by atoms with Crippen LogP contribution in [0.5, 0.6) is 0 Å². The highest BCUT2D eigenvalue weighted by molar-refractivity contribution is 5.77. The van der Waals surface area contributed by atoms with Gasteiger partial charge in [-0.15, -0.1) is 0 Å². The second-order valence-electron chi connectivity index (χ2n) is 3.63. The lowest BCUT2D eigenvalue weighted by atomic mass is 9.79. The first-order valence-corrected chi connectivity index (χ1v) is 4.03. The molecule has 0 aromatic carbocycles. The molecule has 1 heterocycles. The Morgan fingerprint density at radius 3 is 2.55 bits per heavy atom. The van der Waals surface area contributed by atoms with E-state index in [2.05, 4.69) is 6.92 Å². The van der Waals surface area contributed by atoms with Gasteiger partial charge in [0.1, 0.15) is 0 Å². The van der Waals surface area contributed by atoms with Crippen LogP contribution < -0.4 is 5.73 Å². The Bertz CT molecular complexity index is 150. The van der Waals surface area contributed by atoms with Crippen LogP contribution in [0.4, 0.5) is 0 Å². The van der Waals surface area contributed by atoms with E-state index in [0.29, 0.717) is 5.84 Å². The standard InChI is InChI=1S/C8H16N2O/c1-8(6-7(9)10)2-4-11-5-3-8/h2-6H2,1H3,(H3,9,10). The fourth-order valence-electron chi connectivity index (χ4n) is 1.50. The van der Waals surface area contributed by atoms with Crippen molar-refractivity contribution in [1.29, 1.82) is 5.41 Å². The number of ether oxygens (including phenoxy) is 1. The zero-order chi connectivity index (χ0) is 8.32. The van der Waals surface area contributed by atoms with Gasteiger partial charge in [-0.3, -0.25) is 5.41 Å². The predicted octanol–water partition coefficient (Wildman–Crippen LogP) is 1.13. The quantitative estimate of drug-likeness (QED) is 0.465. The van der Waals surface area contributed by atoms with Gasteiger partial charge in [-0.2, -0.15) is 0 Å². The average Bonchev–Trinajstić information content (AvgIpc) is 1.85. The van der Waals surface area contributed by atoms with Crippen molar-refractivity contribution in [3.8, 4) is 0 Å². The molecule has 11 heavy (non-hydrogen) atoms. The molecule has 1 rings (SSSR count). The smallest absolute Gasteiger partial charge is 0.0910 e. The first kappa shape index (κ1) is 8.53. The summed E-state index contributed by atoms with van der Waals surface area (Å²) in [5.74, 6) is 0.300. The number of hydrogen-bond donors (Lipinski definition) is 2. The number of rotatable bonds is 2. The highest BCUT2D eigenvalue weighted by Gasteiger charge is 2.27. The maximum Gasteiger partial charge on any atom is 0.0910 e. The first-order valence-electron chi connectivity index (χ1n) is 4.03. The van der Waals surface area contributed by atoms with Crippen LogP contribution in [-0.2, 0) is 4.74 Å². The Balaban J connectivity index is 2.43. The van der Waals surface area contributed by atoms with E-state index in [1.165, 1.54) is 0 Å². The third kappa shape index (κ3) is 2.50. The molecule has 0 unspecified atom stereocenters. The highest BCUT2D eigenvalue weighted by Crippen LogP contribution is 2.32. The van der Waals surface area contributed by atoms with Crippen LogP contribution in [0.2, 0.25) is 0 Å². The number of nitrogens with two attached hydrogens (primary N) is 1. The van der Waals surface area contributed by atoms with Crippen LogP contribution >= 0.6 is 0 Å². The fourth-order valence-corrected chi connectivity index (χ4v) is 1.50. The Morgan fingerprint density at radius 2 is 2.09 bits per heavy atom. The van der Waals surface area contributed by atoms with Crippen LogP contribution in [0.25, 0.3) is 0 Å². The van der Waals surface area contributed by atoms with Crippen molar-refractivity contribution in [3.63, 3.8) is 0 Å². The molecule has 0 aliphatic carbocycles. The van der Waals surface area contributed by atoms with E-state index in [1.807, 2.05) is 0 Å². The monoisotopic (exact) mass is 156 g/mol.